The molecule has 33 heavy (non-hydrogen) atoms. The van der Waals surface area contributed by atoms with E-state index in [4.69, 9.17) is 9.47 Å². The second kappa shape index (κ2) is 7.48. The van der Waals surface area contributed by atoms with Gasteiger partial charge in [0, 0.05) is 35.7 Å². The summed E-state index contributed by atoms with van der Waals surface area (Å²) in [5.74, 6) is 1.79. The minimum absolute atomic E-state index is 0.0347. The van der Waals surface area contributed by atoms with Crippen LogP contribution in [0.4, 0.5) is 5.69 Å². The average molecular weight is 440 g/mol. The first-order chi connectivity index (χ1) is 16.1. The molecule has 5 heteroatoms. The molecule has 3 aromatic rings. The number of rotatable bonds is 5. The van der Waals surface area contributed by atoms with Gasteiger partial charge in [0.05, 0.1) is 13.2 Å². The maximum absolute atomic E-state index is 14.1. The number of carbonyl (C=O) groups excluding carboxylic acids is 2. The Morgan fingerprint density at radius 2 is 1.82 bits per heavy atom. The molecule has 1 atom stereocenters. The molecule has 0 aromatic heterocycles. The number of anilines is 1. The monoisotopic (exact) mass is 439 g/mol. The first-order valence-electron chi connectivity index (χ1n) is 11.6. The summed E-state index contributed by atoms with van der Waals surface area (Å²) in [6.07, 6.45) is 2.23. The highest BCUT2D eigenvalue weighted by Gasteiger charge is 2.57. The molecular weight excluding hydrogens is 414 g/mol. The van der Waals surface area contributed by atoms with Crippen LogP contribution in [0.25, 0.3) is 0 Å². The Hall–Kier alpha value is -3.60. The highest BCUT2D eigenvalue weighted by atomic mass is 16.5. The van der Waals surface area contributed by atoms with Crippen LogP contribution in [-0.4, -0.2) is 24.9 Å². The largest absolute Gasteiger partial charge is 0.493 e. The van der Waals surface area contributed by atoms with E-state index in [1.54, 1.807) is 0 Å². The van der Waals surface area contributed by atoms with Gasteiger partial charge in [-0.1, -0.05) is 49.4 Å². The van der Waals surface area contributed by atoms with Crippen molar-refractivity contribution in [2.75, 3.05) is 18.1 Å². The predicted octanol–water partition coefficient (Wildman–Crippen LogP) is 4.83. The van der Waals surface area contributed by atoms with Crippen LogP contribution in [0.1, 0.15) is 52.4 Å². The van der Waals surface area contributed by atoms with E-state index in [9.17, 15) is 9.59 Å². The Morgan fingerprint density at radius 1 is 1.00 bits per heavy atom. The van der Waals surface area contributed by atoms with Crippen molar-refractivity contribution in [1.82, 2.24) is 0 Å². The SMILES string of the molecule is CCCC(=O)c1ccc(CN2C(=O)C3(COc4cc5c(cc43)CCO5)c3ccccc32)cc1. The molecule has 0 aliphatic carbocycles. The number of benzene rings is 3. The number of ketones is 1. The summed E-state index contributed by atoms with van der Waals surface area (Å²) in [4.78, 5) is 28.1. The van der Waals surface area contributed by atoms with E-state index in [2.05, 4.69) is 6.07 Å². The zero-order valence-corrected chi connectivity index (χ0v) is 18.6. The first-order valence-corrected chi connectivity index (χ1v) is 11.6. The number of para-hydroxylation sites is 1. The van der Waals surface area contributed by atoms with Crippen LogP contribution in [-0.2, 0) is 23.2 Å². The Morgan fingerprint density at radius 3 is 2.64 bits per heavy atom. The normalized spacial score (nSPS) is 19.8. The molecule has 0 N–H and O–H groups in total. The Balaban J connectivity index is 1.38. The van der Waals surface area contributed by atoms with Crippen LogP contribution in [0, 0.1) is 0 Å². The van der Waals surface area contributed by atoms with Crippen molar-refractivity contribution in [2.24, 2.45) is 0 Å². The van der Waals surface area contributed by atoms with Crippen LogP contribution >= 0.6 is 0 Å². The third-order valence-corrected chi connectivity index (χ3v) is 7.05. The molecule has 0 saturated carbocycles. The standard InChI is InChI=1S/C28H25NO4/c1-2-5-24(30)19-10-8-18(9-11-19)16-29-23-7-4-3-6-21(23)28(27(29)31)17-33-26-15-25-20(12-13-32-25)14-22(26)28/h3-4,6-11,14-15H,2,5,12-13,16-17H2,1H3. The van der Waals surface area contributed by atoms with Gasteiger partial charge >= 0.3 is 0 Å². The van der Waals surface area contributed by atoms with Crippen molar-refractivity contribution in [3.05, 3.63) is 88.5 Å². The number of amides is 1. The van der Waals surface area contributed by atoms with Gasteiger partial charge in [0.25, 0.3) is 0 Å². The second-order valence-electron chi connectivity index (χ2n) is 9.03. The summed E-state index contributed by atoms with van der Waals surface area (Å²) in [6.45, 7) is 3.41. The van der Waals surface area contributed by atoms with Crippen molar-refractivity contribution in [2.45, 2.75) is 38.1 Å². The van der Waals surface area contributed by atoms with E-state index < -0.39 is 5.41 Å². The molecule has 5 nitrogen and oxygen atoms in total. The third-order valence-electron chi connectivity index (χ3n) is 7.05. The van der Waals surface area contributed by atoms with Gasteiger partial charge in [-0.2, -0.15) is 0 Å². The van der Waals surface area contributed by atoms with E-state index in [-0.39, 0.29) is 11.7 Å². The molecule has 3 heterocycles. The molecule has 166 valence electrons. The number of carbonyl (C=O) groups is 2. The van der Waals surface area contributed by atoms with Crippen LogP contribution in [0.5, 0.6) is 11.5 Å². The molecule has 6 rings (SSSR count). The van der Waals surface area contributed by atoms with E-state index in [0.717, 1.165) is 57.8 Å². The van der Waals surface area contributed by atoms with Gasteiger partial charge in [-0.15, -0.1) is 0 Å². The molecule has 3 aliphatic heterocycles. The first kappa shape index (κ1) is 20.0. The molecule has 1 spiro atoms. The highest BCUT2D eigenvalue weighted by Crippen LogP contribution is 2.54. The van der Waals surface area contributed by atoms with E-state index in [0.29, 0.717) is 26.2 Å². The quantitative estimate of drug-likeness (QED) is 0.535. The topological polar surface area (TPSA) is 55.8 Å². The fourth-order valence-corrected chi connectivity index (χ4v) is 5.36. The molecule has 1 unspecified atom stereocenters. The Kier molecular flexibility index (Phi) is 4.54. The maximum Gasteiger partial charge on any atom is 0.246 e. The smallest absolute Gasteiger partial charge is 0.246 e. The van der Waals surface area contributed by atoms with Crippen LogP contribution < -0.4 is 14.4 Å². The molecule has 0 fully saturated rings. The van der Waals surface area contributed by atoms with Gasteiger partial charge in [0.1, 0.15) is 23.5 Å². The van der Waals surface area contributed by atoms with Crippen LogP contribution in [0.3, 0.4) is 0 Å². The summed E-state index contributed by atoms with van der Waals surface area (Å²) in [6, 6.07) is 19.7. The highest BCUT2D eigenvalue weighted by molar-refractivity contribution is 6.11. The summed E-state index contributed by atoms with van der Waals surface area (Å²) in [7, 11) is 0. The molecule has 1 amide bonds. The minimum Gasteiger partial charge on any atom is -0.493 e. The lowest BCUT2D eigenvalue weighted by Gasteiger charge is -2.23. The Bertz CT molecular complexity index is 1280. The van der Waals surface area contributed by atoms with E-state index in [1.165, 1.54) is 0 Å². The molecular formula is C28H25NO4. The molecule has 0 radical (unpaired) electrons. The number of hydrogen-bond donors (Lipinski definition) is 0. The van der Waals surface area contributed by atoms with Crippen LogP contribution in [0.2, 0.25) is 0 Å². The van der Waals surface area contributed by atoms with Gasteiger partial charge < -0.3 is 14.4 Å². The van der Waals surface area contributed by atoms with Crippen molar-refractivity contribution < 1.29 is 19.1 Å². The molecule has 0 bridgehead atoms. The van der Waals surface area contributed by atoms with Gasteiger partial charge in [0.15, 0.2) is 5.78 Å². The summed E-state index contributed by atoms with van der Waals surface area (Å²) in [5.41, 5.74) is 4.86. The van der Waals surface area contributed by atoms with Crippen molar-refractivity contribution >= 4 is 17.4 Å². The van der Waals surface area contributed by atoms with E-state index in [1.807, 2.05) is 66.4 Å². The number of ether oxygens (including phenoxy) is 2. The fourth-order valence-electron chi connectivity index (χ4n) is 5.36. The molecule has 0 saturated heterocycles. The summed E-state index contributed by atoms with van der Waals surface area (Å²) >= 11 is 0. The van der Waals surface area contributed by atoms with Gasteiger partial charge in [0.2, 0.25) is 5.91 Å². The average Bonchev–Trinajstić information content (AvgIpc) is 3.51. The number of Topliss-reactive ketones (excluding diaryl/α,β-unsaturated/α-hetero) is 1. The lowest BCUT2D eigenvalue weighted by atomic mass is 9.76. The summed E-state index contributed by atoms with van der Waals surface area (Å²) < 4.78 is 11.8. The third kappa shape index (κ3) is 2.92. The molecule has 3 aliphatic rings. The minimum atomic E-state index is -0.833. The predicted molar refractivity (Wildman–Crippen MR) is 125 cm³/mol. The maximum atomic E-state index is 14.1. The lowest BCUT2D eigenvalue weighted by Crippen LogP contribution is -2.42. The van der Waals surface area contributed by atoms with Gasteiger partial charge in [-0.3, -0.25) is 9.59 Å². The van der Waals surface area contributed by atoms with E-state index >= 15 is 0 Å². The zero-order valence-electron chi connectivity index (χ0n) is 18.6. The van der Waals surface area contributed by atoms with Crippen molar-refractivity contribution in [1.29, 1.82) is 0 Å². The second-order valence-corrected chi connectivity index (χ2v) is 9.03. The zero-order chi connectivity index (χ0) is 22.6. The van der Waals surface area contributed by atoms with Gasteiger partial charge in [-0.25, -0.2) is 0 Å². The van der Waals surface area contributed by atoms with Crippen LogP contribution in [0.15, 0.2) is 60.7 Å². The summed E-state index contributed by atoms with van der Waals surface area (Å²) in [5, 5.41) is 0. The fraction of sp³-hybridized carbons (Fsp3) is 0.286. The molecule has 3 aromatic carbocycles. The number of hydrogen-bond acceptors (Lipinski definition) is 4. The number of nitrogens with zero attached hydrogens (tertiary/aromatic N) is 1. The van der Waals surface area contributed by atoms with Gasteiger partial charge in [-0.05, 0) is 35.2 Å². The van der Waals surface area contributed by atoms with Crippen molar-refractivity contribution in [3.8, 4) is 11.5 Å². The Labute approximate surface area is 192 Å². The number of fused-ring (bicyclic) bond motifs is 5. The lowest BCUT2D eigenvalue weighted by molar-refractivity contribution is -0.122. The van der Waals surface area contributed by atoms with Crippen molar-refractivity contribution in [3.63, 3.8) is 0 Å².